The van der Waals surface area contributed by atoms with E-state index >= 15 is 0 Å². The highest BCUT2D eigenvalue weighted by Gasteiger charge is 2.69. The van der Waals surface area contributed by atoms with Crippen LogP contribution in [0.15, 0.2) is 29.6 Å². The van der Waals surface area contributed by atoms with Crippen LogP contribution in [0.3, 0.4) is 0 Å². The van der Waals surface area contributed by atoms with Crippen molar-refractivity contribution in [2.24, 2.45) is 5.41 Å². The molecule has 0 N–H and O–H groups in total. The second-order valence-electron chi connectivity index (χ2n) is 5.80. The summed E-state index contributed by atoms with van der Waals surface area (Å²) in [4.78, 5) is 16.5. The van der Waals surface area contributed by atoms with E-state index in [-0.39, 0.29) is 12.6 Å². The summed E-state index contributed by atoms with van der Waals surface area (Å²) in [6.07, 6.45) is 0.424. The van der Waals surface area contributed by atoms with Crippen molar-refractivity contribution in [2.45, 2.75) is 31.2 Å². The number of carbonyl (C=O) groups excluding carboxylic acids is 1. The summed E-state index contributed by atoms with van der Waals surface area (Å²) in [7, 11) is 0. The van der Waals surface area contributed by atoms with Gasteiger partial charge in [-0.2, -0.15) is 0 Å². The molecule has 1 aliphatic carbocycles. The fourth-order valence-corrected chi connectivity index (χ4v) is 3.62. The van der Waals surface area contributed by atoms with Gasteiger partial charge in [0.05, 0.1) is 5.69 Å². The second kappa shape index (κ2) is 5.52. The SMILES string of the molecule is Cc1ccc(-c2nc(COC(=O)[C@@]3(C)CC3(Cl)Cl)cs2)cc1. The maximum Gasteiger partial charge on any atom is 0.315 e. The number of alkyl halides is 2. The van der Waals surface area contributed by atoms with E-state index in [9.17, 15) is 4.79 Å². The van der Waals surface area contributed by atoms with Crippen LogP contribution >= 0.6 is 34.5 Å². The minimum Gasteiger partial charge on any atom is -0.459 e. The van der Waals surface area contributed by atoms with E-state index in [1.165, 1.54) is 16.9 Å². The van der Waals surface area contributed by atoms with Crippen LogP contribution in [0.1, 0.15) is 24.6 Å². The van der Waals surface area contributed by atoms with E-state index in [0.717, 1.165) is 16.3 Å². The van der Waals surface area contributed by atoms with Crippen LogP contribution in [0, 0.1) is 12.3 Å². The maximum absolute atomic E-state index is 12.0. The van der Waals surface area contributed by atoms with Crippen molar-refractivity contribution in [3.8, 4) is 10.6 Å². The highest BCUT2D eigenvalue weighted by molar-refractivity contribution is 7.13. The number of hydrogen-bond donors (Lipinski definition) is 0. The average molecular weight is 356 g/mol. The van der Waals surface area contributed by atoms with Crippen LogP contribution < -0.4 is 0 Å². The number of carbonyl (C=O) groups is 1. The molecule has 1 fully saturated rings. The number of aryl methyl sites for hydroxylation is 1. The number of halogens is 2. The largest absolute Gasteiger partial charge is 0.459 e. The minimum atomic E-state index is -1.00. The summed E-state index contributed by atoms with van der Waals surface area (Å²) in [5.41, 5.74) is 2.19. The second-order valence-corrected chi connectivity index (χ2v) is 8.14. The number of hydrogen-bond acceptors (Lipinski definition) is 4. The Balaban J connectivity index is 1.63. The van der Waals surface area contributed by atoms with Gasteiger partial charge in [0.2, 0.25) is 0 Å². The first-order valence-electron chi connectivity index (χ1n) is 6.88. The Morgan fingerprint density at radius 3 is 2.59 bits per heavy atom. The van der Waals surface area contributed by atoms with Gasteiger partial charge in [0, 0.05) is 17.4 Å². The third-order valence-electron chi connectivity index (χ3n) is 3.91. The fourth-order valence-electron chi connectivity index (χ4n) is 2.12. The van der Waals surface area contributed by atoms with Crippen molar-refractivity contribution >= 4 is 40.5 Å². The van der Waals surface area contributed by atoms with Gasteiger partial charge < -0.3 is 4.74 Å². The van der Waals surface area contributed by atoms with Gasteiger partial charge in [-0.25, -0.2) is 4.98 Å². The van der Waals surface area contributed by atoms with Crippen LogP contribution in [0.4, 0.5) is 0 Å². The lowest BCUT2D eigenvalue weighted by atomic mass is 10.1. The van der Waals surface area contributed by atoms with Gasteiger partial charge in [0.25, 0.3) is 0 Å². The standard InChI is InChI=1S/C16H15Cl2NO2S/c1-10-3-5-11(6-4-10)13-19-12(8-22-13)7-21-14(20)15(2)9-16(15,17)18/h3-6,8H,7,9H2,1-2H3/t15-/m1/s1. The van der Waals surface area contributed by atoms with Crippen molar-refractivity contribution in [1.29, 1.82) is 0 Å². The van der Waals surface area contributed by atoms with E-state index in [4.69, 9.17) is 27.9 Å². The maximum atomic E-state index is 12.0. The van der Waals surface area contributed by atoms with E-state index in [1.54, 1.807) is 6.92 Å². The highest BCUT2D eigenvalue weighted by Crippen LogP contribution is 2.64. The predicted octanol–water partition coefficient (Wildman–Crippen LogP) is 4.75. The van der Waals surface area contributed by atoms with E-state index < -0.39 is 9.75 Å². The van der Waals surface area contributed by atoms with Crippen LogP contribution in [0.25, 0.3) is 10.6 Å². The number of nitrogens with zero attached hydrogens (tertiary/aromatic N) is 1. The molecular formula is C16H15Cl2NO2S. The van der Waals surface area contributed by atoms with Gasteiger partial charge in [-0.05, 0) is 13.8 Å². The summed E-state index contributed by atoms with van der Waals surface area (Å²) >= 11 is 13.5. The fraction of sp³-hybridized carbons (Fsp3) is 0.375. The van der Waals surface area contributed by atoms with Crippen LogP contribution in [0.2, 0.25) is 0 Å². The molecule has 22 heavy (non-hydrogen) atoms. The third-order valence-corrected chi connectivity index (χ3v) is 5.95. The van der Waals surface area contributed by atoms with Crippen molar-refractivity contribution in [2.75, 3.05) is 0 Å². The lowest BCUT2D eigenvalue weighted by molar-refractivity contribution is -0.151. The summed E-state index contributed by atoms with van der Waals surface area (Å²) in [5, 5.41) is 2.81. The van der Waals surface area contributed by atoms with Crippen LogP contribution in [-0.2, 0) is 16.1 Å². The molecule has 116 valence electrons. The Kier molecular flexibility index (Phi) is 3.96. The van der Waals surface area contributed by atoms with E-state index in [2.05, 4.69) is 4.98 Å². The zero-order valence-electron chi connectivity index (χ0n) is 12.2. The molecule has 1 aliphatic rings. The lowest BCUT2D eigenvalue weighted by Gasteiger charge is -2.10. The molecule has 0 saturated heterocycles. The van der Waals surface area contributed by atoms with Gasteiger partial charge in [-0.1, -0.05) is 29.8 Å². The summed E-state index contributed by atoms with van der Waals surface area (Å²) in [6.45, 7) is 3.90. The molecular weight excluding hydrogens is 341 g/mol. The first-order valence-corrected chi connectivity index (χ1v) is 8.52. The lowest BCUT2D eigenvalue weighted by Crippen LogP contribution is -2.21. The number of aromatic nitrogens is 1. The van der Waals surface area contributed by atoms with Gasteiger partial charge in [0.1, 0.15) is 21.4 Å². The number of ether oxygens (including phenoxy) is 1. The van der Waals surface area contributed by atoms with E-state index in [1.807, 2.05) is 36.6 Å². The molecule has 0 spiro atoms. The van der Waals surface area contributed by atoms with Gasteiger partial charge in [-0.15, -0.1) is 34.5 Å². The molecule has 3 nitrogen and oxygen atoms in total. The summed E-state index contributed by atoms with van der Waals surface area (Å²) in [5.74, 6) is -0.373. The van der Waals surface area contributed by atoms with E-state index in [0.29, 0.717) is 6.42 Å². The van der Waals surface area contributed by atoms with Crippen molar-refractivity contribution in [3.63, 3.8) is 0 Å². The number of benzene rings is 1. The van der Waals surface area contributed by atoms with Crippen molar-refractivity contribution in [3.05, 3.63) is 40.9 Å². The minimum absolute atomic E-state index is 0.140. The van der Waals surface area contributed by atoms with Crippen molar-refractivity contribution < 1.29 is 9.53 Å². The Morgan fingerprint density at radius 2 is 2.00 bits per heavy atom. The van der Waals surface area contributed by atoms with Crippen LogP contribution in [-0.4, -0.2) is 15.3 Å². The first-order chi connectivity index (χ1) is 10.3. The molecule has 1 aromatic carbocycles. The average Bonchev–Trinajstić information content (AvgIpc) is 2.84. The molecule has 1 aromatic heterocycles. The first kappa shape index (κ1) is 15.8. The quantitative estimate of drug-likeness (QED) is 0.586. The molecule has 2 aromatic rings. The molecule has 3 rings (SSSR count). The molecule has 0 radical (unpaired) electrons. The van der Waals surface area contributed by atoms with Crippen LogP contribution in [0.5, 0.6) is 0 Å². The molecule has 6 heteroatoms. The van der Waals surface area contributed by atoms with Gasteiger partial charge >= 0.3 is 5.97 Å². The highest BCUT2D eigenvalue weighted by atomic mass is 35.5. The van der Waals surface area contributed by atoms with Crippen molar-refractivity contribution in [1.82, 2.24) is 4.98 Å². The zero-order valence-corrected chi connectivity index (χ0v) is 14.6. The number of rotatable bonds is 4. The van der Waals surface area contributed by atoms with Gasteiger partial charge in [0.15, 0.2) is 0 Å². The predicted molar refractivity (Wildman–Crippen MR) is 89.2 cm³/mol. The Morgan fingerprint density at radius 1 is 1.36 bits per heavy atom. The van der Waals surface area contributed by atoms with Gasteiger partial charge in [-0.3, -0.25) is 4.79 Å². The molecule has 0 amide bonds. The summed E-state index contributed by atoms with van der Waals surface area (Å²) < 4.78 is 4.29. The molecule has 0 bridgehead atoms. The molecule has 0 unspecified atom stereocenters. The molecule has 0 aliphatic heterocycles. The topological polar surface area (TPSA) is 39.2 Å². The Hall–Kier alpha value is -1.10. The third kappa shape index (κ3) is 2.87. The zero-order chi connectivity index (χ0) is 16.0. The summed E-state index contributed by atoms with van der Waals surface area (Å²) in [6, 6.07) is 8.16. The Bertz CT molecular complexity index is 711. The smallest absolute Gasteiger partial charge is 0.315 e. The number of esters is 1. The normalized spacial score (nSPS) is 22.4. The molecule has 1 atom stereocenters. The molecule has 1 heterocycles. The molecule has 1 saturated carbocycles. The monoisotopic (exact) mass is 355 g/mol. The number of thiazole rings is 1. The Labute approximate surface area is 143 Å².